The highest BCUT2D eigenvalue weighted by molar-refractivity contribution is 9.10. The van der Waals surface area contributed by atoms with E-state index >= 15 is 0 Å². The molecule has 15 heavy (non-hydrogen) atoms. The van der Waals surface area contributed by atoms with Crippen molar-refractivity contribution >= 4 is 15.9 Å². The van der Waals surface area contributed by atoms with Gasteiger partial charge in [-0.05, 0) is 37.0 Å². The fourth-order valence-electron chi connectivity index (χ4n) is 1.61. The van der Waals surface area contributed by atoms with Gasteiger partial charge in [0.2, 0.25) is 0 Å². The van der Waals surface area contributed by atoms with Gasteiger partial charge in [-0.2, -0.15) is 0 Å². The molecule has 1 radical (unpaired) electrons. The Morgan fingerprint density at radius 3 is 2.13 bits per heavy atom. The minimum atomic E-state index is 0.0900. The number of aryl methyl sites for hydroxylation is 1. The lowest BCUT2D eigenvalue weighted by molar-refractivity contribution is 0.186. The van der Waals surface area contributed by atoms with Crippen LogP contribution in [0.15, 0.2) is 28.7 Å². The van der Waals surface area contributed by atoms with Crippen LogP contribution in [0.1, 0.15) is 37.7 Å². The van der Waals surface area contributed by atoms with Gasteiger partial charge in [-0.25, -0.2) is 5.11 Å². The molecule has 0 aliphatic rings. The van der Waals surface area contributed by atoms with Crippen LogP contribution in [0.4, 0.5) is 0 Å². The molecule has 0 spiro atoms. The first-order chi connectivity index (χ1) is 7.33. The highest BCUT2D eigenvalue weighted by Gasteiger charge is 1.94. The van der Waals surface area contributed by atoms with E-state index in [1.54, 1.807) is 0 Å². The van der Waals surface area contributed by atoms with E-state index in [0.717, 1.165) is 23.7 Å². The van der Waals surface area contributed by atoms with Gasteiger partial charge in [-0.3, -0.25) is 0 Å². The van der Waals surface area contributed by atoms with Crippen molar-refractivity contribution in [3.63, 3.8) is 0 Å². The molecule has 0 N–H and O–H groups in total. The lowest BCUT2D eigenvalue weighted by atomic mass is 10.1. The monoisotopic (exact) mass is 269 g/mol. The van der Waals surface area contributed by atoms with Crippen molar-refractivity contribution in [2.75, 3.05) is 6.61 Å². The summed E-state index contributed by atoms with van der Waals surface area (Å²) in [6, 6.07) is 8.52. The molecule has 0 aliphatic heterocycles. The van der Waals surface area contributed by atoms with Gasteiger partial charge in [0, 0.05) is 4.47 Å². The normalized spacial score (nSPS) is 10.5. The van der Waals surface area contributed by atoms with E-state index in [-0.39, 0.29) is 6.61 Å². The fourth-order valence-corrected chi connectivity index (χ4v) is 1.88. The van der Waals surface area contributed by atoms with E-state index in [0.29, 0.717) is 0 Å². The van der Waals surface area contributed by atoms with Gasteiger partial charge in [0.25, 0.3) is 0 Å². The molecule has 0 amide bonds. The minimum Gasteiger partial charge on any atom is -0.237 e. The first-order valence-corrected chi connectivity index (χ1v) is 6.45. The number of hydrogen-bond donors (Lipinski definition) is 0. The Bertz CT molecular complexity index is 256. The third-order valence-corrected chi connectivity index (χ3v) is 3.05. The maximum Gasteiger partial charge on any atom is 0.0822 e. The Kier molecular flexibility index (Phi) is 6.69. The van der Waals surface area contributed by atoms with Gasteiger partial charge < -0.3 is 0 Å². The third kappa shape index (κ3) is 5.95. The number of halogens is 1. The molecule has 0 atom stereocenters. The lowest BCUT2D eigenvalue weighted by Crippen LogP contribution is -1.87. The summed E-state index contributed by atoms with van der Waals surface area (Å²) in [5.74, 6) is 0. The SMILES string of the molecule is [O]CCCCCCCc1ccc(Br)cc1. The summed E-state index contributed by atoms with van der Waals surface area (Å²) < 4.78 is 1.14. The zero-order valence-corrected chi connectivity index (χ0v) is 10.6. The van der Waals surface area contributed by atoms with Crippen LogP contribution in [0.3, 0.4) is 0 Å². The van der Waals surface area contributed by atoms with Crippen LogP contribution in [-0.4, -0.2) is 6.61 Å². The molecule has 0 heterocycles. The molecular formula is C13H18BrO. The predicted molar refractivity (Wildman–Crippen MR) is 66.5 cm³/mol. The summed E-state index contributed by atoms with van der Waals surface area (Å²) in [5.41, 5.74) is 1.40. The zero-order chi connectivity index (χ0) is 10.9. The second-order valence-corrected chi connectivity index (χ2v) is 4.76. The highest BCUT2D eigenvalue weighted by Crippen LogP contribution is 2.13. The molecular weight excluding hydrogens is 252 g/mol. The Hall–Kier alpha value is -0.340. The van der Waals surface area contributed by atoms with Crippen LogP contribution in [0.25, 0.3) is 0 Å². The number of rotatable bonds is 7. The van der Waals surface area contributed by atoms with E-state index < -0.39 is 0 Å². The summed E-state index contributed by atoms with van der Waals surface area (Å²) in [6.07, 6.45) is 6.79. The van der Waals surface area contributed by atoms with Crippen molar-refractivity contribution in [2.45, 2.75) is 38.5 Å². The average Bonchev–Trinajstić information content (AvgIpc) is 2.26. The summed E-state index contributed by atoms with van der Waals surface area (Å²) >= 11 is 3.43. The summed E-state index contributed by atoms with van der Waals surface area (Å²) in [4.78, 5) is 0. The van der Waals surface area contributed by atoms with Gasteiger partial charge >= 0.3 is 0 Å². The molecule has 1 rings (SSSR count). The standard InChI is InChI=1S/C13H18BrO/c14-13-9-7-12(8-10-13)6-4-2-1-3-5-11-15/h7-10H,1-6,11H2. The summed E-state index contributed by atoms with van der Waals surface area (Å²) in [7, 11) is 0. The smallest absolute Gasteiger partial charge is 0.0822 e. The molecule has 2 heteroatoms. The summed E-state index contributed by atoms with van der Waals surface area (Å²) in [6.45, 7) is 0.0900. The van der Waals surface area contributed by atoms with Gasteiger partial charge in [0.1, 0.15) is 0 Å². The minimum absolute atomic E-state index is 0.0900. The van der Waals surface area contributed by atoms with Gasteiger partial charge in [0.15, 0.2) is 0 Å². The number of hydrogen-bond acceptors (Lipinski definition) is 0. The lowest BCUT2D eigenvalue weighted by Gasteiger charge is -2.01. The molecule has 0 aliphatic carbocycles. The quantitative estimate of drug-likeness (QED) is 0.655. The molecule has 1 aromatic rings. The van der Waals surface area contributed by atoms with E-state index in [9.17, 15) is 5.11 Å². The highest BCUT2D eigenvalue weighted by atomic mass is 79.9. The van der Waals surface area contributed by atoms with E-state index in [1.807, 2.05) is 0 Å². The van der Waals surface area contributed by atoms with E-state index in [1.165, 1.54) is 24.8 Å². The van der Waals surface area contributed by atoms with Gasteiger partial charge in [-0.1, -0.05) is 47.3 Å². The van der Waals surface area contributed by atoms with Crippen LogP contribution in [0, 0.1) is 0 Å². The van der Waals surface area contributed by atoms with E-state index in [2.05, 4.69) is 40.2 Å². The number of benzene rings is 1. The van der Waals surface area contributed by atoms with Crippen molar-refractivity contribution in [3.8, 4) is 0 Å². The van der Waals surface area contributed by atoms with Crippen LogP contribution in [0.5, 0.6) is 0 Å². The van der Waals surface area contributed by atoms with Crippen LogP contribution in [-0.2, 0) is 11.5 Å². The molecule has 0 aromatic heterocycles. The zero-order valence-electron chi connectivity index (χ0n) is 9.05. The first-order valence-electron chi connectivity index (χ1n) is 5.65. The molecule has 0 unspecified atom stereocenters. The topological polar surface area (TPSA) is 19.9 Å². The molecule has 83 valence electrons. The average molecular weight is 270 g/mol. The van der Waals surface area contributed by atoms with Crippen molar-refractivity contribution in [1.29, 1.82) is 0 Å². The molecule has 1 aromatic carbocycles. The molecule has 0 fully saturated rings. The summed E-state index contributed by atoms with van der Waals surface area (Å²) in [5, 5.41) is 10.2. The van der Waals surface area contributed by atoms with Gasteiger partial charge in [-0.15, -0.1) is 0 Å². The molecule has 0 bridgehead atoms. The fraction of sp³-hybridized carbons (Fsp3) is 0.538. The first kappa shape index (κ1) is 12.7. The van der Waals surface area contributed by atoms with Crippen LogP contribution in [0.2, 0.25) is 0 Å². The van der Waals surface area contributed by atoms with Crippen molar-refractivity contribution < 1.29 is 5.11 Å². The molecule has 1 nitrogen and oxygen atoms in total. The Morgan fingerprint density at radius 1 is 0.867 bits per heavy atom. The second kappa shape index (κ2) is 7.89. The van der Waals surface area contributed by atoms with Crippen molar-refractivity contribution in [2.24, 2.45) is 0 Å². The van der Waals surface area contributed by atoms with Crippen LogP contribution < -0.4 is 0 Å². The molecule has 0 saturated heterocycles. The van der Waals surface area contributed by atoms with Crippen molar-refractivity contribution in [3.05, 3.63) is 34.3 Å². The number of unbranched alkanes of at least 4 members (excludes halogenated alkanes) is 4. The predicted octanol–water partition coefficient (Wildman–Crippen LogP) is 4.37. The Balaban J connectivity index is 2.07. The maximum atomic E-state index is 10.2. The van der Waals surface area contributed by atoms with Crippen LogP contribution >= 0.6 is 15.9 Å². The Labute approximate surface area is 101 Å². The largest absolute Gasteiger partial charge is 0.237 e. The maximum absolute atomic E-state index is 10.2. The molecule has 0 saturated carbocycles. The van der Waals surface area contributed by atoms with Crippen molar-refractivity contribution in [1.82, 2.24) is 0 Å². The van der Waals surface area contributed by atoms with E-state index in [4.69, 9.17) is 0 Å². The third-order valence-electron chi connectivity index (χ3n) is 2.52. The Morgan fingerprint density at radius 2 is 1.47 bits per heavy atom. The second-order valence-electron chi connectivity index (χ2n) is 3.85. The van der Waals surface area contributed by atoms with Gasteiger partial charge in [0.05, 0.1) is 6.61 Å².